The van der Waals surface area contributed by atoms with E-state index in [0.29, 0.717) is 22.0 Å². The van der Waals surface area contributed by atoms with E-state index >= 15 is 0 Å². The molecule has 2 heterocycles. The monoisotopic (exact) mass is 404 g/mol. The first-order valence-corrected chi connectivity index (χ1v) is 10.5. The minimum Gasteiger partial charge on any atom is -0.301 e. The van der Waals surface area contributed by atoms with Crippen molar-refractivity contribution in [3.8, 4) is 11.3 Å². The summed E-state index contributed by atoms with van der Waals surface area (Å²) in [6.07, 6.45) is 4.54. The number of nitrogens with one attached hydrogen (secondary N) is 1. The zero-order valence-electron chi connectivity index (χ0n) is 14.3. The lowest BCUT2D eigenvalue weighted by atomic mass is 10.2. The zero-order chi connectivity index (χ0) is 18.6. The van der Waals surface area contributed by atoms with Gasteiger partial charge in [0, 0.05) is 10.9 Å². The summed E-state index contributed by atoms with van der Waals surface area (Å²) in [7, 11) is 0. The quantitative estimate of drug-likeness (QED) is 0.629. The van der Waals surface area contributed by atoms with Crippen molar-refractivity contribution >= 4 is 34.1 Å². The summed E-state index contributed by atoms with van der Waals surface area (Å²) in [5.41, 5.74) is 1.51. The van der Waals surface area contributed by atoms with Crippen LogP contribution in [0.4, 0.5) is 9.52 Å². The Balaban J connectivity index is 1.34. The van der Waals surface area contributed by atoms with Gasteiger partial charge in [-0.25, -0.2) is 14.1 Å². The molecule has 10 heteroatoms. The summed E-state index contributed by atoms with van der Waals surface area (Å²) in [5.74, 6) is -0.251. The molecule has 1 N–H and O–H groups in total. The third-order valence-electron chi connectivity index (χ3n) is 4.36. The van der Waals surface area contributed by atoms with Gasteiger partial charge < -0.3 is 5.32 Å². The first-order valence-electron chi connectivity index (χ1n) is 8.61. The fourth-order valence-electron chi connectivity index (χ4n) is 3.03. The van der Waals surface area contributed by atoms with Crippen LogP contribution in [0.2, 0.25) is 0 Å². The summed E-state index contributed by atoms with van der Waals surface area (Å²) >= 11 is 2.65. The second-order valence-electron chi connectivity index (χ2n) is 6.23. The van der Waals surface area contributed by atoms with Crippen molar-refractivity contribution in [1.82, 2.24) is 25.2 Å². The molecule has 0 spiro atoms. The average molecular weight is 404 g/mol. The van der Waals surface area contributed by atoms with Crippen molar-refractivity contribution in [2.45, 2.75) is 36.9 Å². The van der Waals surface area contributed by atoms with Gasteiger partial charge in [0.2, 0.25) is 11.1 Å². The molecule has 0 radical (unpaired) electrons. The maximum absolute atomic E-state index is 13.0. The number of tetrazole rings is 1. The minimum atomic E-state index is -0.292. The number of aromatic nitrogens is 5. The lowest BCUT2D eigenvalue weighted by Crippen LogP contribution is -2.15. The highest BCUT2D eigenvalue weighted by Crippen LogP contribution is 2.31. The standard InChI is InChI=1S/C17H17FN6OS2/c18-12-7-5-11(6-8-12)14-9-26-16(19-14)20-15(25)10-27-17-21-22-23-24(17)13-3-1-2-4-13/h5-9,13H,1-4,10H2,(H,19,20,25). The molecule has 1 amide bonds. The Bertz CT molecular complexity index is 920. The molecule has 1 saturated carbocycles. The van der Waals surface area contributed by atoms with Gasteiger partial charge in [-0.3, -0.25) is 4.79 Å². The van der Waals surface area contributed by atoms with E-state index < -0.39 is 0 Å². The first-order chi connectivity index (χ1) is 13.2. The average Bonchev–Trinajstić information content (AvgIpc) is 3.41. The lowest BCUT2D eigenvalue weighted by molar-refractivity contribution is -0.113. The molecular formula is C17H17FN6OS2. The maximum Gasteiger partial charge on any atom is 0.236 e. The van der Waals surface area contributed by atoms with E-state index in [9.17, 15) is 9.18 Å². The Morgan fingerprint density at radius 3 is 2.85 bits per heavy atom. The number of rotatable bonds is 6. The molecule has 1 aliphatic carbocycles. The van der Waals surface area contributed by atoms with Gasteiger partial charge in [0.05, 0.1) is 17.5 Å². The Labute approximate surface area is 163 Å². The number of hydrogen-bond donors (Lipinski definition) is 1. The van der Waals surface area contributed by atoms with E-state index in [1.807, 2.05) is 10.1 Å². The SMILES string of the molecule is O=C(CSc1nnnn1C1CCCC1)Nc1nc(-c2ccc(F)cc2)cs1. The van der Waals surface area contributed by atoms with Gasteiger partial charge >= 0.3 is 0 Å². The van der Waals surface area contributed by atoms with Gasteiger partial charge in [-0.2, -0.15) is 0 Å². The molecule has 4 rings (SSSR count). The van der Waals surface area contributed by atoms with Gasteiger partial charge in [-0.1, -0.05) is 24.6 Å². The van der Waals surface area contributed by atoms with Crippen LogP contribution in [0.25, 0.3) is 11.3 Å². The van der Waals surface area contributed by atoms with Crippen LogP contribution in [0.1, 0.15) is 31.7 Å². The highest BCUT2D eigenvalue weighted by Gasteiger charge is 2.22. The van der Waals surface area contributed by atoms with Gasteiger partial charge in [0.15, 0.2) is 5.13 Å². The predicted molar refractivity (Wildman–Crippen MR) is 102 cm³/mol. The van der Waals surface area contributed by atoms with E-state index in [2.05, 4.69) is 25.8 Å². The number of thioether (sulfide) groups is 1. The highest BCUT2D eigenvalue weighted by atomic mass is 32.2. The summed E-state index contributed by atoms with van der Waals surface area (Å²) in [6.45, 7) is 0. The third kappa shape index (κ3) is 4.33. The fourth-order valence-corrected chi connectivity index (χ4v) is 4.51. The predicted octanol–water partition coefficient (Wildman–Crippen LogP) is 3.78. The number of amides is 1. The largest absolute Gasteiger partial charge is 0.301 e. The molecule has 7 nitrogen and oxygen atoms in total. The molecular weight excluding hydrogens is 387 g/mol. The molecule has 1 aromatic carbocycles. The molecule has 27 heavy (non-hydrogen) atoms. The molecule has 0 aliphatic heterocycles. The minimum absolute atomic E-state index is 0.166. The van der Waals surface area contributed by atoms with E-state index in [0.717, 1.165) is 18.4 Å². The van der Waals surface area contributed by atoms with Gasteiger partial charge in [-0.15, -0.1) is 16.4 Å². The first kappa shape index (κ1) is 18.1. The van der Waals surface area contributed by atoms with Crippen LogP contribution in [-0.4, -0.2) is 36.9 Å². The number of benzene rings is 1. The van der Waals surface area contributed by atoms with Crippen LogP contribution in [0.15, 0.2) is 34.8 Å². The Kier molecular flexibility index (Phi) is 5.44. The van der Waals surface area contributed by atoms with E-state index in [1.54, 1.807) is 12.1 Å². The van der Waals surface area contributed by atoms with Crippen LogP contribution in [-0.2, 0) is 4.79 Å². The summed E-state index contributed by atoms with van der Waals surface area (Å²) in [6, 6.07) is 6.43. The van der Waals surface area contributed by atoms with Crippen LogP contribution < -0.4 is 5.32 Å². The molecule has 0 saturated heterocycles. The summed E-state index contributed by atoms with van der Waals surface area (Å²) in [5, 5.41) is 17.6. The van der Waals surface area contributed by atoms with Crippen molar-refractivity contribution in [3.05, 3.63) is 35.5 Å². The van der Waals surface area contributed by atoms with Crippen LogP contribution in [0.3, 0.4) is 0 Å². The Morgan fingerprint density at radius 2 is 2.07 bits per heavy atom. The second kappa shape index (κ2) is 8.13. The topological polar surface area (TPSA) is 85.6 Å². The lowest BCUT2D eigenvalue weighted by Gasteiger charge is -2.10. The van der Waals surface area contributed by atoms with E-state index in [1.165, 1.54) is 48.1 Å². The van der Waals surface area contributed by atoms with Crippen molar-refractivity contribution in [1.29, 1.82) is 0 Å². The van der Waals surface area contributed by atoms with Crippen molar-refractivity contribution in [3.63, 3.8) is 0 Å². The number of carbonyl (C=O) groups is 1. The van der Waals surface area contributed by atoms with Crippen molar-refractivity contribution in [2.75, 3.05) is 11.1 Å². The summed E-state index contributed by atoms with van der Waals surface area (Å²) in [4.78, 5) is 16.6. The summed E-state index contributed by atoms with van der Waals surface area (Å²) < 4.78 is 14.8. The van der Waals surface area contributed by atoms with Crippen LogP contribution >= 0.6 is 23.1 Å². The van der Waals surface area contributed by atoms with Crippen molar-refractivity contribution in [2.24, 2.45) is 0 Å². The Hall–Kier alpha value is -2.33. The van der Waals surface area contributed by atoms with Crippen molar-refractivity contribution < 1.29 is 9.18 Å². The molecule has 2 aromatic heterocycles. The number of hydrogen-bond acceptors (Lipinski definition) is 7. The number of halogens is 1. The molecule has 0 unspecified atom stereocenters. The van der Waals surface area contributed by atoms with Gasteiger partial charge in [-0.05, 0) is 47.5 Å². The Morgan fingerprint density at radius 1 is 1.30 bits per heavy atom. The number of thiazole rings is 1. The maximum atomic E-state index is 13.0. The number of carbonyl (C=O) groups excluding carboxylic acids is 1. The third-order valence-corrected chi connectivity index (χ3v) is 6.05. The highest BCUT2D eigenvalue weighted by molar-refractivity contribution is 7.99. The molecule has 3 aromatic rings. The second-order valence-corrected chi connectivity index (χ2v) is 8.03. The molecule has 0 bridgehead atoms. The normalized spacial score (nSPS) is 14.6. The van der Waals surface area contributed by atoms with Crippen LogP contribution in [0.5, 0.6) is 0 Å². The fraction of sp³-hybridized carbons (Fsp3) is 0.353. The van der Waals surface area contributed by atoms with Gasteiger partial charge in [0.25, 0.3) is 0 Å². The van der Waals surface area contributed by atoms with Crippen LogP contribution in [0, 0.1) is 5.82 Å². The molecule has 1 aliphatic rings. The number of nitrogens with zero attached hydrogens (tertiary/aromatic N) is 5. The molecule has 0 atom stereocenters. The molecule has 1 fully saturated rings. The van der Waals surface area contributed by atoms with E-state index in [-0.39, 0.29) is 17.5 Å². The smallest absolute Gasteiger partial charge is 0.236 e. The van der Waals surface area contributed by atoms with E-state index in [4.69, 9.17) is 0 Å². The molecule has 140 valence electrons. The van der Waals surface area contributed by atoms with Gasteiger partial charge in [0.1, 0.15) is 5.82 Å². The number of anilines is 1. The zero-order valence-corrected chi connectivity index (χ0v) is 16.0.